The van der Waals surface area contributed by atoms with E-state index in [4.69, 9.17) is 5.11 Å². The Bertz CT molecular complexity index is 277. The van der Waals surface area contributed by atoms with Gasteiger partial charge in [0.2, 0.25) is 0 Å². The minimum Gasteiger partial charge on any atom is -0.481 e. The van der Waals surface area contributed by atoms with E-state index < -0.39 is 5.97 Å². The number of rotatable bonds is 9. The summed E-state index contributed by atoms with van der Waals surface area (Å²) in [6.45, 7) is 3.37. The SMILES string of the molecule is CC(CCNC(=O)NCCC1CC1)CCC(=O)O. The van der Waals surface area contributed by atoms with Crippen molar-refractivity contribution in [1.82, 2.24) is 10.6 Å². The summed E-state index contributed by atoms with van der Waals surface area (Å²) in [5, 5.41) is 14.2. The van der Waals surface area contributed by atoms with E-state index in [2.05, 4.69) is 10.6 Å². The van der Waals surface area contributed by atoms with Crippen LogP contribution < -0.4 is 10.6 Å². The number of amides is 2. The van der Waals surface area contributed by atoms with Crippen LogP contribution in [-0.2, 0) is 4.79 Å². The molecule has 2 amide bonds. The smallest absolute Gasteiger partial charge is 0.314 e. The number of carbonyl (C=O) groups excluding carboxylic acids is 1. The van der Waals surface area contributed by atoms with E-state index in [1.54, 1.807) is 0 Å². The number of nitrogens with one attached hydrogen (secondary N) is 2. The summed E-state index contributed by atoms with van der Waals surface area (Å²) in [6.07, 6.45) is 5.40. The maximum Gasteiger partial charge on any atom is 0.314 e. The molecule has 0 spiro atoms. The molecule has 5 nitrogen and oxygen atoms in total. The Morgan fingerprint density at radius 3 is 2.50 bits per heavy atom. The van der Waals surface area contributed by atoms with Crippen LogP contribution in [0.3, 0.4) is 0 Å². The first kappa shape index (κ1) is 14.8. The zero-order valence-corrected chi connectivity index (χ0v) is 11.1. The van der Waals surface area contributed by atoms with Gasteiger partial charge in [0.25, 0.3) is 0 Å². The van der Waals surface area contributed by atoms with Gasteiger partial charge in [0, 0.05) is 19.5 Å². The summed E-state index contributed by atoms with van der Waals surface area (Å²) in [5.74, 6) is 0.404. The molecule has 104 valence electrons. The lowest BCUT2D eigenvalue weighted by molar-refractivity contribution is -0.137. The molecule has 1 aliphatic rings. The van der Waals surface area contributed by atoms with E-state index >= 15 is 0 Å². The average molecular weight is 256 g/mol. The van der Waals surface area contributed by atoms with Crippen LogP contribution in [0, 0.1) is 11.8 Å². The lowest BCUT2D eigenvalue weighted by Gasteiger charge is -2.11. The van der Waals surface area contributed by atoms with E-state index in [-0.39, 0.29) is 12.5 Å². The van der Waals surface area contributed by atoms with Crippen LogP contribution in [0.2, 0.25) is 0 Å². The largest absolute Gasteiger partial charge is 0.481 e. The van der Waals surface area contributed by atoms with Crippen molar-refractivity contribution in [2.24, 2.45) is 11.8 Å². The zero-order chi connectivity index (χ0) is 13.4. The number of carbonyl (C=O) groups is 2. The molecule has 0 aromatic rings. The topological polar surface area (TPSA) is 78.4 Å². The predicted molar refractivity (Wildman–Crippen MR) is 69.4 cm³/mol. The van der Waals surface area contributed by atoms with Gasteiger partial charge < -0.3 is 15.7 Å². The molecule has 0 aromatic carbocycles. The number of urea groups is 1. The highest BCUT2D eigenvalue weighted by Gasteiger charge is 2.20. The van der Waals surface area contributed by atoms with Gasteiger partial charge in [-0.15, -0.1) is 0 Å². The zero-order valence-electron chi connectivity index (χ0n) is 11.1. The summed E-state index contributed by atoms with van der Waals surface area (Å²) in [7, 11) is 0. The summed E-state index contributed by atoms with van der Waals surface area (Å²) >= 11 is 0. The normalized spacial score (nSPS) is 16.1. The Balaban J connectivity index is 1.91. The third kappa shape index (κ3) is 7.92. The number of aliphatic carboxylic acids is 1. The molecule has 1 saturated carbocycles. The average Bonchev–Trinajstić information content (AvgIpc) is 3.10. The minimum atomic E-state index is -0.757. The first-order valence-corrected chi connectivity index (χ1v) is 6.81. The number of hydrogen-bond acceptors (Lipinski definition) is 2. The number of carboxylic acid groups (broad SMARTS) is 1. The van der Waals surface area contributed by atoms with Gasteiger partial charge in [0.15, 0.2) is 0 Å². The molecular formula is C13H24N2O3. The molecule has 0 heterocycles. The Labute approximate surface area is 108 Å². The molecule has 0 radical (unpaired) electrons. The van der Waals surface area contributed by atoms with E-state index in [1.165, 1.54) is 12.8 Å². The summed E-state index contributed by atoms with van der Waals surface area (Å²) in [5.41, 5.74) is 0. The quantitative estimate of drug-likeness (QED) is 0.590. The Morgan fingerprint density at radius 2 is 1.89 bits per heavy atom. The van der Waals surface area contributed by atoms with Crippen LogP contribution >= 0.6 is 0 Å². The fraction of sp³-hybridized carbons (Fsp3) is 0.846. The predicted octanol–water partition coefficient (Wildman–Crippen LogP) is 1.98. The molecule has 0 saturated heterocycles. The molecule has 0 bridgehead atoms. The van der Waals surface area contributed by atoms with Crippen LogP contribution in [0.25, 0.3) is 0 Å². The standard InChI is InChI=1S/C13H24N2O3/c1-10(2-5-12(16)17)6-8-14-13(18)15-9-7-11-3-4-11/h10-11H,2-9H2,1H3,(H,16,17)(H2,14,15,18). The second-order valence-electron chi connectivity index (χ2n) is 5.24. The van der Waals surface area contributed by atoms with Crippen molar-refractivity contribution in [3.05, 3.63) is 0 Å². The van der Waals surface area contributed by atoms with Gasteiger partial charge in [-0.3, -0.25) is 4.79 Å². The molecule has 1 aliphatic carbocycles. The van der Waals surface area contributed by atoms with Crippen LogP contribution in [0.5, 0.6) is 0 Å². The van der Waals surface area contributed by atoms with E-state index in [0.29, 0.717) is 18.9 Å². The van der Waals surface area contributed by atoms with Crippen molar-refractivity contribution >= 4 is 12.0 Å². The van der Waals surface area contributed by atoms with Crippen LogP contribution in [-0.4, -0.2) is 30.2 Å². The van der Waals surface area contributed by atoms with E-state index in [9.17, 15) is 9.59 Å². The molecule has 5 heteroatoms. The van der Waals surface area contributed by atoms with Gasteiger partial charge >= 0.3 is 12.0 Å². The van der Waals surface area contributed by atoms with Crippen molar-refractivity contribution < 1.29 is 14.7 Å². The van der Waals surface area contributed by atoms with Crippen molar-refractivity contribution in [1.29, 1.82) is 0 Å². The van der Waals surface area contributed by atoms with E-state index in [1.807, 2.05) is 6.92 Å². The molecular weight excluding hydrogens is 232 g/mol. The minimum absolute atomic E-state index is 0.110. The van der Waals surface area contributed by atoms with Gasteiger partial charge in [0.05, 0.1) is 0 Å². The van der Waals surface area contributed by atoms with Crippen LogP contribution in [0.4, 0.5) is 4.79 Å². The monoisotopic (exact) mass is 256 g/mol. The second kappa shape index (κ2) is 7.95. The third-order valence-electron chi connectivity index (χ3n) is 3.31. The van der Waals surface area contributed by atoms with Gasteiger partial charge in [-0.1, -0.05) is 19.8 Å². The first-order chi connectivity index (χ1) is 8.58. The molecule has 18 heavy (non-hydrogen) atoms. The fourth-order valence-electron chi connectivity index (χ4n) is 1.81. The summed E-state index contributed by atoms with van der Waals surface area (Å²) < 4.78 is 0. The van der Waals surface area contributed by atoms with Gasteiger partial charge in [-0.2, -0.15) is 0 Å². The third-order valence-corrected chi connectivity index (χ3v) is 3.31. The second-order valence-corrected chi connectivity index (χ2v) is 5.24. The first-order valence-electron chi connectivity index (χ1n) is 6.81. The number of carboxylic acids is 1. The van der Waals surface area contributed by atoms with Crippen molar-refractivity contribution in [3.63, 3.8) is 0 Å². The van der Waals surface area contributed by atoms with Crippen molar-refractivity contribution in [2.75, 3.05) is 13.1 Å². The molecule has 3 N–H and O–H groups in total. The highest BCUT2D eigenvalue weighted by molar-refractivity contribution is 5.73. The fourth-order valence-corrected chi connectivity index (χ4v) is 1.81. The highest BCUT2D eigenvalue weighted by Crippen LogP contribution is 2.31. The maximum atomic E-state index is 11.4. The molecule has 1 unspecified atom stereocenters. The Kier molecular flexibility index (Phi) is 6.54. The molecule has 1 fully saturated rings. The van der Waals surface area contributed by atoms with Crippen molar-refractivity contribution in [2.45, 2.75) is 45.4 Å². The molecule has 1 atom stereocenters. The van der Waals surface area contributed by atoms with Gasteiger partial charge in [-0.05, 0) is 31.1 Å². The van der Waals surface area contributed by atoms with Crippen molar-refractivity contribution in [3.8, 4) is 0 Å². The lowest BCUT2D eigenvalue weighted by atomic mass is 10.0. The Hall–Kier alpha value is -1.26. The van der Waals surface area contributed by atoms with Gasteiger partial charge in [-0.25, -0.2) is 4.79 Å². The van der Waals surface area contributed by atoms with Crippen LogP contribution in [0.15, 0.2) is 0 Å². The number of hydrogen-bond donors (Lipinski definition) is 3. The summed E-state index contributed by atoms with van der Waals surface area (Å²) in [4.78, 5) is 21.8. The molecule has 1 rings (SSSR count). The highest BCUT2D eigenvalue weighted by atomic mass is 16.4. The molecule has 0 aliphatic heterocycles. The van der Waals surface area contributed by atoms with E-state index in [0.717, 1.165) is 25.3 Å². The molecule has 0 aromatic heterocycles. The lowest BCUT2D eigenvalue weighted by Crippen LogP contribution is -2.37. The maximum absolute atomic E-state index is 11.4. The van der Waals surface area contributed by atoms with Gasteiger partial charge in [0.1, 0.15) is 0 Å². The summed E-state index contributed by atoms with van der Waals surface area (Å²) in [6, 6.07) is -0.110. The van der Waals surface area contributed by atoms with Crippen LogP contribution in [0.1, 0.15) is 45.4 Å². The Morgan fingerprint density at radius 1 is 1.22 bits per heavy atom.